The molecule has 5 nitrogen and oxygen atoms in total. The van der Waals surface area contributed by atoms with Crippen molar-refractivity contribution in [1.82, 2.24) is 19.7 Å². The Labute approximate surface area is 102 Å². The Morgan fingerprint density at radius 1 is 1.24 bits per heavy atom. The summed E-state index contributed by atoms with van der Waals surface area (Å²) in [6.45, 7) is 9.11. The van der Waals surface area contributed by atoms with Crippen LogP contribution >= 0.6 is 0 Å². The minimum Gasteiger partial charge on any atom is -0.349 e. The van der Waals surface area contributed by atoms with Crippen LogP contribution in [0.1, 0.15) is 40.0 Å². The van der Waals surface area contributed by atoms with Crippen molar-refractivity contribution in [2.45, 2.75) is 51.2 Å². The van der Waals surface area contributed by atoms with Crippen molar-refractivity contribution in [1.29, 1.82) is 0 Å². The molecule has 0 amide bonds. The van der Waals surface area contributed by atoms with Gasteiger partial charge < -0.3 is 5.32 Å². The van der Waals surface area contributed by atoms with Gasteiger partial charge >= 0.3 is 0 Å². The summed E-state index contributed by atoms with van der Waals surface area (Å²) in [6, 6.07) is 0. The normalized spacial score (nSPS) is 32.2. The molecule has 1 aromatic heterocycles. The lowest BCUT2D eigenvalue weighted by Gasteiger charge is -2.48. The van der Waals surface area contributed by atoms with Crippen molar-refractivity contribution in [2.24, 2.45) is 0 Å². The monoisotopic (exact) mass is 235 g/mol. The van der Waals surface area contributed by atoms with E-state index in [0.717, 1.165) is 12.4 Å². The molecule has 0 aromatic carbocycles. The second-order valence-electron chi connectivity index (χ2n) is 6.09. The molecule has 1 fully saturated rings. The maximum Gasteiger partial charge on any atom is 0.223 e. The van der Waals surface area contributed by atoms with Gasteiger partial charge in [-0.1, -0.05) is 0 Å². The van der Waals surface area contributed by atoms with E-state index in [1.807, 2.05) is 0 Å². The van der Waals surface area contributed by atoms with Crippen LogP contribution in [-0.4, -0.2) is 38.3 Å². The highest BCUT2D eigenvalue weighted by atomic mass is 15.5. The molecule has 1 atom stereocenters. The van der Waals surface area contributed by atoms with E-state index in [2.05, 4.69) is 45.8 Å². The topological polar surface area (TPSA) is 46.0 Å². The van der Waals surface area contributed by atoms with E-state index >= 15 is 0 Å². The molecule has 3 heterocycles. The summed E-state index contributed by atoms with van der Waals surface area (Å²) < 4.78 is 2.06. The van der Waals surface area contributed by atoms with Gasteiger partial charge in [-0.2, -0.15) is 10.1 Å². The van der Waals surface area contributed by atoms with Crippen molar-refractivity contribution in [2.75, 3.05) is 18.4 Å². The molecule has 17 heavy (non-hydrogen) atoms. The average Bonchev–Trinajstić information content (AvgIpc) is 2.83. The number of likely N-dealkylation sites (tertiary alicyclic amines) is 1. The van der Waals surface area contributed by atoms with Gasteiger partial charge in [0.2, 0.25) is 5.95 Å². The fourth-order valence-corrected chi connectivity index (χ4v) is 3.38. The van der Waals surface area contributed by atoms with Crippen LogP contribution in [-0.2, 0) is 5.66 Å². The van der Waals surface area contributed by atoms with Crippen LogP contribution in [0.5, 0.6) is 0 Å². The van der Waals surface area contributed by atoms with E-state index in [1.54, 1.807) is 6.33 Å². The van der Waals surface area contributed by atoms with Gasteiger partial charge in [0.25, 0.3) is 0 Å². The van der Waals surface area contributed by atoms with Crippen LogP contribution in [0.4, 0.5) is 5.95 Å². The molecule has 5 heteroatoms. The summed E-state index contributed by atoms with van der Waals surface area (Å²) in [5.41, 5.74) is 0.0391. The van der Waals surface area contributed by atoms with E-state index in [-0.39, 0.29) is 11.2 Å². The lowest BCUT2D eigenvalue weighted by Crippen LogP contribution is -2.57. The third kappa shape index (κ3) is 1.64. The zero-order valence-corrected chi connectivity index (χ0v) is 10.9. The highest BCUT2D eigenvalue weighted by Gasteiger charge is 2.45. The van der Waals surface area contributed by atoms with E-state index in [4.69, 9.17) is 0 Å². The molecule has 1 aromatic rings. The van der Waals surface area contributed by atoms with Gasteiger partial charge in [-0.05, 0) is 33.6 Å². The van der Waals surface area contributed by atoms with Gasteiger partial charge in [0.15, 0.2) is 0 Å². The van der Waals surface area contributed by atoms with Crippen LogP contribution in [0.25, 0.3) is 0 Å². The first-order valence-electron chi connectivity index (χ1n) is 6.45. The molecule has 94 valence electrons. The Morgan fingerprint density at radius 3 is 2.65 bits per heavy atom. The van der Waals surface area contributed by atoms with Gasteiger partial charge in [-0.15, -0.1) is 0 Å². The van der Waals surface area contributed by atoms with Crippen molar-refractivity contribution in [3.05, 3.63) is 6.33 Å². The summed E-state index contributed by atoms with van der Waals surface area (Å²) in [7, 11) is 0. The quantitative estimate of drug-likeness (QED) is 0.804. The number of anilines is 1. The molecule has 3 rings (SSSR count). The molecule has 0 radical (unpaired) electrons. The highest BCUT2D eigenvalue weighted by Crippen LogP contribution is 2.39. The Kier molecular flexibility index (Phi) is 2.23. The maximum absolute atomic E-state index is 4.42. The predicted molar refractivity (Wildman–Crippen MR) is 66.8 cm³/mol. The van der Waals surface area contributed by atoms with Crippen LogP contribution in [0, 0.1) is 0 Å². The zero-order chi connectivity index (χ0) is 12.1. The molecular weight excluding hydrogens is 214 g/mol. The molecule has 0 saturated carbocycles. The summed E-state index contributed by atoms with van der Waals surface area (Å²) in [5, 5.41) is 7.88. The molecule has 1 saturated heterocycles. The molecule has 0 aliphatic carbocycles. The number of rotatable bonds is 1. The molecule has 2 aliphatic heterocycles. The number of nitrogens with zero attached hydrogens (tertiary/aromatic N) is 4. The van der Waals surface area contributed by atoms with Crippen molar-refractivity contribution < 1.29 is 0 Å². The number of hydrogen-bond donors (Lipinski definition) is 1. The van der Waals surface area contributed by atoms with E-state index in [9.17, 15) is 0 Å². The number of hydrogen-bond acceptors (Lipinski definition) is 4. The van der Waals surface area contributed by atoms with Gasteiger partial charge in [0, 0.05) is 25.0 Å². The Hall–Kier alpha value is -1.10. The fraction of sp³-hybridized carbons (Fsp3) is 0.833. The van der Waals surface area contributed by atoms with Gasteiger partial charge in [0.1, 0.15) is 12.0 Å². The maximum atomic E-state index is 4.42. The molecule has 1 N–H and O–H groups in total. The first kappa shape index (κ1) is 11.0. The molecule has 1 unspecified atom stereocenters. The summed E-state index contributed by atoms with van der Waals surface area (Å²) in [4.78, 5) is 6.88. The van der Waals surface area contributed by atoms with E-state index < -0.39 is 0 Å². The minimum absolute atomic E-state index is 0.0307. The van der Waals surface area contributed by atoms with E-state index in [0.29, 0.717) is 0 Å². The summed E-state index contributed by atoms with van der Waals surface area (Å²) >= 11 is 0. The minimum atomic E-state index is -0.0307. The van der Waals surface area contributed by atoms with Crippen molar-refractivity contribution >= 4 is 5.95 Å². The zero-order valence-electron chi connectivity index (χ0n) is 10.9. The average molecular weight is 235 g/mol. The lowest BCUT2D eigenvalue weighted by atomic mass is 9.88. The van der Waals surface area contributed by atoms with Gasteiger partial charge in [-0.3, -0.25) is 4.90 Å². The van der Waals surface area contributed by atoms with Gasteiger partial charge in [0.05, 0.1) is 0 Å². The summed E-state index contributed by atoms with van der Waals surface area (Å²) in [6.07, 6.45) is 5.30. The van der Waals surface area contributed by atoms with Gasteiger partial charge in [-0.25, -0.2) is 4.68 Å². The second-order valence-corrected chi connectivity index (χ2v) is 6.09. The number of fused-ring (bicyclic) bond motifs is 1. The van der Waals surface area contributed by atoms with Crippen molar-refractivity contribution in [3.63, 3.8) is 0 Å². The predicted octanol–water partition coefficient (Wildman–Crippen LogP) is 1.64. The second kappa shape index (κ2) is 3.45. The van der Waals surface area contributed by atoms with Crippen molar-refractivity contribution in [3.8, 4) is 0 Å². The highest BCUT2D eigenvalue weighted by molar-refractivity contribution is 5.33. The lowest BCUT2D eigenvalue weighted by molar-refractivity contribution is 0.0133. The molecular formula is C12H21N5. The third-order valence-electron chi connectivity index (χ3n) is 4.02. The SMILES string of the molecule is CC1(C)CC(C)(N2CCCC2)n2ncnc2N1. The molecule has 0 spiro atoms. The molecule has 0 bridgehead atoms. The van der Waals surface area contributed by atoms with Crippen LogP contribution in [0.15, 0.2) is 6.33 Å². The van der Waals surface area contributed by atoms with E-state index in [1.165, 1.54) is 25.9 Å². The Balaban J connectivity index is 2.04. The van der Waals surface area contributed by atoms with Crippen LogP contribution in [0.2, 0.25) is 0 Å². The first-order chi connectivity index (χ1) is 8.01. The fourth-order valence-electron chi connectivity index (χ4n) is 3.38. The Morgan fingerprint density at radius 2 is 1.94 bits per heavy atom. The third-order valence-corrected chi connectivity index (χ3v) is 4.02. The molecule has 2 aliphatic rings. The summed E-state index contributed by atoms with van der Waals surface area (Å²) in [5.74, 6) is 0.899. The number of nitrogens with one attached hydrogen (secondary N) is 1. The Bertz CT molecular complexity index is 418. The number of aromatic nitrogens is 3. The standard InChI is InChI=1S/C12H21N5/c1-11(2)8-12(3,16-6-4-5-7-16)17-10(15-11)13-9-14-17/h9H,4-8H2,1-3H3,(H,13,14,15). The smallest absolute Gasteiger partial charge is 0.223 e. The first-order valence-corrected chi connectivity index (χ1v) is 6.45. The van der Waals surface area contributed by atoms with Crippen LogP contribution < -0.4 is 5.32 Å². The largest absolute Gasteiger partial charge is 0.349 e. The van der Waals surface area contributed by atoms with Crippen LogP contribution in [0.3, 0.4) is 0 Å².